The molecule has 3 rings (SSSR count). The molecule has 0 aliphatic heterocycles. The zero-order valence-electron chi connectivity index (χ0n) is 13.5. The van der Waals surface area contributed by atoms with Gasteiger partial charge in [-0.3, -0.25) is 4.98 Å². The number of hydrogen-bond donors (Lipinski definition) is 2. The molecule has 0 bridgehead atoms. The lowest BCUT2D eigenvalue weighted by molar-refractivity contribution is 0.292. The second-order valence-corrected chi connectivity index (χ2v) is 5.54. The highest BCUT2D eigenvalue weighted by Gasteiger charge is 2.16. The maximum Gasteiger partial charge on any atom is 0.146 e. The van der Waals surface area contributed by atoms with Crippen molar-refractivity contribution in [2.24, 2.45) is 0 Å². The standard InChI is InChI=1S/C17H21N5O/c1-12-13(2)22(10-14-6-3-4-7-18-14)17-15(12)16(20-11-21-17)19-8-5-9-23/h3-4,6-7,11,23H,5,8-10H2,1-2H3,(H,19,20,21). The monoisotopic (exact) mass is 311 g/mol. The van der Waals surface area contributed by atoms with Gasteiger partial charge in [-0.05, 0) is 38.0 Å². The van der Waals surface area contributed by atoms with Gasteiger partial charge in [0.2, 0.25) is 0 Å². The summed E-state index contributed by atoms with van der Waals surface area (Å²) in [6, 6.07) is 5.93. The molecule has 3 heterocycles. The van der Waals surface area contributed by atoms with Crippen LogP contribution in [0.2, 0.25) is 0 Å². The van der Waals surface area contributed by atoms with Gasteiger partial charge in [-0.2, -0.15) is 0 Å². The van der Waals surface area contributed by atoms with Crippen LogP contribution in [0.15, 0.2) is 30.7 Å². The summed E-state index contributed by atoms with van der Waals surface area (Å²) in [6.45, 7) is 5.72. The zero-order valence-corrected chi connectivity index (χ0v) is 13.5. The third-order valence-electron chi connectivity index (χ3n) is 4.08. The molecule has 3 aromatic rings. The lowest BCUT2D eigenvalue weighted by Crippen LogP contribution is -2.07. The molecular weight excluding hydrogens is 290 g/mol. The molecule has 0 saturated heterocycles. The summed E-state index contributed by atoms with van der Waals surface area (Å²) in [6.07, 6.45) is 4.08. The van der Waals surface area contributed by atoms with Crippen molar-refractivity contribution in [1.82, 2.24) is 19.5 Å². The number of fused-ring (bicyclic) bond motifs is 1. The Kier molecular flexibility index (Phi) is 4.52. The number of nitrogens with one attached hydrogen (secondary N) is 1. The van der Waals surface area contributed by atoms with E-state index in [9.17, 15) is 0 Å². The van der Waals surface area contributed by atoms with Crippen LogP contribution < -0.4 is 5.32 Å². The summed E-state index contributed by atoms with van der Waals surface area (Å²) in [5, 5.41) is 13.3. The Morgan fingerprint density at radius 1 is 1.17 bits per heavy atom. The first-order valence-electron chi connectivity index (χ1n) is 7.77. The molecule has 0 amide bonds. The van der Waals surface area contributed by atoms with Gasteiger partial charge in [0.25, 0.3) is 0 Å². The lowest BCUT2D eigenvalue weighted by Gasteiger charge is -2.08. The third-order valence-corrected chi connectivity index (χ3v) is 4.08. The van der Waals surface area contributed by atoms with Gasteiger partial charge < -0.3 is 15.0 Å². The van der Waals surface area contributed by atoms with Gasteiger partial charge in [0.15, 0.2) is 0 Å². The minimum absolute atomic E-state index is 0.167. The number of aromatic nitrogens is 4. The maximum absolute atomic E-state index is 8.94. The Hall–Kier alpha value is -2.47. The molecule has 6 heteroatoms. The number of aliphatic hydroxyl groups excluding tert-OH is 1. The molecule has 0 aliphatic carbocycles. The van der Waals surface area contributed by atoms with Gasteiger partial charge >= 0.3 is 0 Å². The summed E-state index contributed by atoms with van der Waals surface area (Å²) < 4.78 is 2.17. The molecule has 0 radical (unpaired) electrons. The quantitative estimate of drug-likeness (QED) is 0.683. The maximum atomic E-state index is 8.94. The van der Waals surface area contributed by atoms with Crippen molar-refractivity contribution in [2.75, 3.05) is 18.5 Å². The van der Waals surface area contributed by atoms with Crippen LogP contribution in [0.4, 0.5) is 5.82 Å². The number of hydrogen-bond acceptors (Lipinski definition) is 5. The Bertz CT molecular complexity index is 798. The van der Waals surface area contributed by atoms with Crippen molar-refractivity contribution in [1.29, 1.82) is 0 Å². The normalized spacial score (nSPS) is 11.1. The van der Waals surface area contributed by atoms with E-state index in [1.807, 2.05) is 18.2 Å². The number of aryl methyl sites for hydroxylation is 1. The van der Waals surface area contributed by atoms with Crippen LogP contribution in [-0.2, 0) is 6.54 Å². The van der Waals surface area contributed by atoms with Gasteiger partial charge in [0.1, 0.15) is 17.8 Å². The fourth-order valence-corrected chi connectivity index (χ4v) is 2.74. The van der Waals surface area contributed by atoms with E-state index in [-0.39, 0.29) is 6.61 Å². The fourth-order valence-electron chi connectivity index (χ4n) is 2.74. The summed E-state index contributed by atoms with van der Waals surface area (Å²) in [5.41, 5.74) is 4.24. The highest BCUT2D eigenvalue weighted by Crippen LogP contribution is 2.29. The molecule has 0 atom stereocenters. The molecule has 0 aromatic carbocycles. The first kappa shape index (κ1) is 15.4. The summed E-state index contributed by atoms with van der Waals surface area (Å²) in [5.74, 6) is 0.823. The second kappa shape index (κ2) is 6.75. The van der Waals surface area contributed by atoms with Gasteiger partial charge in [0, 0.05) is 25.0 Å². The molecule has 0 aliphatic rings. The first-order valence-corrected chi connectivity index (χ1v) is 7.77. The highest BCUT2D eigenvalue weighted by atomic mass is 16.3. The van der Waals surface area contributed by atoms with Crippen molar-refractivity contribution >= 4 is 16.9 Å². The number of rotatable bonds is 6. The summed E-state index contributed by atoms with van der Waals surface area (Å²) in [7, 11) is 0. The van der Waals surface area contributed by atoms with Gasteiger partial charge in [-0.1, -0.05) is 6.07 Å². The molecule has 23 heavy (non-hydrogen) atoms. The molecule has 0 unspecified atom stereocenters. The average molecular weight is 311 g/mol. The van der Waals surface area contributed by atoms with Crippen molar-refractivity contribution in [3.8, 4) is 0 Å². The predicted molar refractivity (Wildman–Crippen MR) is 90.5 cm³/mol. The summed E-state index contributed by atoms with van der Waals surface area (Å²) in [4.78, 5) is 13.3. The van der Waals surface area contributed by atoms with Crippen molar-refractivity contribution in [3.63, 3.8) is 0 Å². The van der Waals surface area contributed by atoms with Crippen LogP contribution in [0.5, 0.6) is 0 Å². The van der Waals surface area contributed by atoms with Crippen molar-refractivity contribution in [2.45, 2.75) is 26.8 Å². The van der Waals surface area contributed by atoms with Crippen LogP contribution in [0.25, 0.3) is 11.0 Å². The minimum Gasteiger partial charge on any atom is -0.396 e. The van der Waals surface area contributed by atoms with E-state index in [0.29, 0.717) is 19.5 Å². The molecule has 0 spiro atoms. The van der Waals surface area contributed by atoms with Gasteiger partial charge in [-0.25, -0.2) is 9.97 Å². The molecule has 3 aromatic heterocycles. The lowest BCUT2D eigenvalue weighted by atomic mass is 10.2. The van der Waals surface area contributed by atoms with Crippen LogP contribution in [0.1, 0.15) is 23.4 Å². The van der Waals surface area contributed by atoms with Crippen molar-refractivity contribution in [3.05, 3.63) is 47.7 Å². The molecule has 6 nitrogen and oxygen atoms in total. The number of nitrogens with zero attached hydrogens (tertiary/aromatic N) is 4. The third kappa shape index (κ3) is 3.03. The average Bonchev–Trinajstić information content (AvgIpc) is 2.82. The van der Waals surface area contributed by atoms with Crippen LogP contribution in [0.3, 0.4) is 0 Å². The van der Waals surface area contributed by atoms with E-state index in [2.05, 4.69) is 38.7 Å². The minimum atomic E-state index is 0.167. The Morgan fingerprint density at radius 3 is 2.78 bits per heavy atom. The smallest absolute Gasteiger partial charge is 0.146 e. The highest BCUT2D eigenvalue weighted by molar-refractivity contribution is 5.91. The largest absolute Gasteiger partial charge is 0.396 e. The number of pyridine rings is 1. The van der Waals surface area contributed by atoms with Crippen LogP contribution >= 0.6 is 0 Å². The molecular formula is C17H21N5O. The SMILES string of the molecule is Cc1c(C)n(Cc2ccccn2)c2ncnc(NCCCO)c12. The van der Waals surface area contributed by atoms with Gasteiger partial charge in [-0.15, -0.1) is 0 Å². The van der Waals surface area contributed by atoms with E-state index in [1.165, 1.54) is 5.56 Å². The molecule has 0 saturated carbocycles. The number of aliphatic hydroxyl groups is 1. The van der Waals surface area contributed by atoms with E-state index < -0.39 is 0 Å². The van der Waals surface area contributed by atoms with E-state index in [1.54, 1.807) is 12.5 Å². The number of anilines is 1. The molecule has 0 fully saturated rings. The Balaban J connectivity index is 2.02. The molecule has 120 valence electrons. The Labute approximate surface area is 135 Å². The topological polar surface area (TPSA) is 75.9 Å². The molecule has 2 N–H and O–H groups in total. The summed E-state index contributed by atoms with van der Waals surface area (Å²) >= 11 is 0. The van der Waals surface area contributed by atoms with Crippen LogP contribution in [0, 0.1) is 13.8 Å². The predicted octanol–water partition coefficient (Wildman–Crippen LogP) is 2.29. The Morgan fingerprint density at radius 2 is 2.04 bits per heavy atom. The fraction of sp³-hybridized carbons (Fsp3) is 0.353. The van der Waals surface area contributed by atoms with E-state index in [4.69, 9.17) is 5.11 Å². The van der Waals surface area contributed by atoms with E-state index >= 15 is 0 Å². The second-order valence-electron chi connectivity index (χ2n) is 5.54. The van der Waals surface area contributed by atoms with Crippen LogP contribution in [-0.4, -0.2) is 37.8 Å². The van der Waals surface area contributed by atoms with Crippen molar-refractivity contribution < 1.29 is 5.11 Å². The van der Waals surface area contributed by atoms with Gasteiger partial charge in [0.05, 0.1) is 17.6 Å². The van der Waals surface area contributed by atoms with E-state index in [0.717, 1.165) is 28.2 Å². The zero-order chi connectivity index (χ0) is 16.2. The first-order chi connectivity index (χ1) is 11.2.